The van der Waals surface area contributed by atoms with Crippen LogP contribution in [-0.4, -0.2) is 62.1 Å². The lowest BCUT2D eigenvalue weighted by atomic mass is 10.2. The van der Waals surface area contributed by atoms with Crippen molar-refractivity contribution in [3.63, 3.8) is 0 Å². The molecule has 0 unspecified atom stereocenters. The normalized spacial score (nSPS) is 14.8. The third-order valence-corrected chi connectivity index (χ3v) is 6.07. The van der Waals surface area contributed by atoms with Crippen LogP contribution in [0, 0.1) is 0 Å². The van der Waals surface area contributed by atoms with E-state index in [9.17, 15) is 0 Å². The van der Waals surface area contributed by atoms with E-state index in [1.807, 2.05) is 36.4 Å². The van der Waals surface area contributed by atoms with Crippen LogP contribution in [0.25, 0.3) is 0 Å². The van der Waals surface area contributed by atoms with Crippen LogP contribution in [0.2, 0.25) is 5.15 Å². The fraction of sp³-hybridized carbons (Fsp3) is 0.308. The highest BCUT2D eigenvalue weighted by Gasteiger charge is 2.16. The maximum Gasteiger partial charge on any atom is 0.152 e. The topological polar surface area (TPSA) is 53.0 Å². The lowest BCUT2D eigenvalue weighted by molar-refractivity contribution is 0.256. The Hall–Kier alpha value is -3.09. The summed E-state index contributed by atoms with van der Waals surface area (Å²) < 4.78 is 5.29. The summed E-state index contributed by atoms with van der Waals surface area (Å²) >= 11 is 6.26. The van der Waals surface area contributed by atoms with Crippen LogP contribution in [-0.2, 0) is 0 Å². The van der Waals surface area contributed by atoms with E-state index in [1.165, 1.54) is 5.69 Å². The number of nitrogens with zero attached hydrogens (tertiary/aromatic N) is 4. The van der Waals surface area contributed by atoms with Gasteiger partial charge in [-0.15, -0.1) is 0 Å². The smallest absolute Gasteiger partial charge is 0.152 e. The van der Waals surface area contributed by atoms with Gasteiger partial charge in [-0.2, -0.15) is 0 Å². The fourth-order valence-electron chi connectivity index (χ4n) is 3.91. The molecule has 0 aliphatic carbocycles. The van der Waals surface area contributed by atoms with Crippen LogP contribution >= 0.6 is 11.6 Å². The third kappa shape index (κ3) is 6.46. The number of benzene rings is 2. The number of hydrogen-bond donors (Lipinski definition) is 1. The number of halogens is 1. The van der Waals surface area contributed by atoms with E-state index in [-0.39, 0.29) is 0 Å². The summed E-state index contributed by atoms with van der Waals surface area (Å²) in [7, 11) is 1.66. The Balaban J connectivity index is 1.34. The van der Waals surface area contributed by atoms with Gasteiger partial charge >= 0.3 is 0 Å². The van der Waals surface area contributed by atoms with E-state index >= 15 is 0 Å². The zero-order valence-corrected chi connectivity index (χ0v) is 19.7. The molecule has 2 heterocycles. The predicted octanol–water partition coefficient (Wildman–Crippen LogP) is 4.81. The van der Waals surface area contributed by atoms with Crippen molar-refractivity contribution in [3.05, 3.63) is 83.6 Å². The van der Waals surface area contributed by atoms with Gasteiger partial charge in [-0.25, -0.2) is 4.98 Å². The number of ether oxygens (including phenoxy) is 1. The van der Waals surface area contributed by atoms with Gasteiger partial charge in [-0.1, -0.05) is 29.8 Å². The molecule has 4 rings (SSSR count). The van der Waals surface area contributed by atoms with Gasteiger partial charge < -0.3 is 15.0 Å². The Labute approximate surface area is 200 Å². The van der Waals surface area contributed by atoms with E-state index in [1.54, 1.807) is 13.3 Å². The number of anilines is 2. The summed E-state index contributed by atoms with van der Waals surface area (Å²) in [6, 6.07) is 22.3. The number of nitrogens with one attached hydrogen (secondary N) is 1. The molecule has 1 fully saturated rings. The number of pyridine rings is 1. The summed E-state index contributed by atoms with van der Waals surface area (Å²) in [5, 5.41) is 3.78. The maximum absolute atomic E-state index is 6.26. The molecule has 1 aliphatic heterocycles. The fourth-order valence-corrected chi connectivity index (χ4v) is 4.08. The second-order valence-corrected chi connectivity index (χ2v) is 8.30. The van der Waals surface area contributed by atoms with Gasteiger partial charge in [0, 0.05) is 56.7 Å². The number of methoxy groups -OCH3 is 1. The lowest BCUT2D eigenvalue weighted by Gasteiger charge is -2.36. The van der Waals surface area contributed by atoms with Crippen LogP contribution in [0.3, 0.4) is 0 Å². The van der Waals surface area contributed by atoms with Crippen molar-refractivity contribution in [3.8, 4) is 5.75 Å². The third-order valence-electron chi connectivity index (χ3n) is 5.77. The maximum atomic E-state index is 6.26. The Bertz CT molecular complexity index is 1030. The zero-order chi connectivity index (χ0) is 22.9. The first-order valence-corrected chi connectivity index (χ1v) is 11.7. The molecular weight excluding hydrogens is 434 g/mol. The van der Waals surface area contributed by atoms with E-state index in [2.05, 4.69) is 50.4 Å². The standard InChI is InChI=1S/C26H30ClN5O/c1-33-23-12-10-21(11-13-23)26(30-24-9-5-14-28-25(24)27)29-15-6-16-31-17-19-32(20-18-31)22-7-3-2-4-8-22/h2-5,7-14H,6,15-20H2,1H3,(H,29,30). The number of aromatic nitrogens is 1. The van der Waals surface area contributed by atoms with Gasteiger partial charge in [0.15, 0.2) is 5.15 Å². The van der Waals surface area contributed by atoms with Crippen LogP contribution < -0.4 is 15.0 Å². The van der Waals surface area contributed by atoms with Crippen LogP contribution in [0.5, 0.6) is 5.75 Å². The van der Waals surface area contributed by atoms with Crippen molar-refractivity contribution in [2.75, 3.05) is 56.6 Å². The first-order chi connectivity index (χ1) is 16.2. The zero-order valence-electron chi connectivity index (χ0n) is 19.0. The van der Waals surface area contributed by atoms with Crippen LogP contribution in [0.4, 0.5) is 11.4 Å². The highest BCUT2D eigenvalue weighted by atomic mass is 35.5. The molecule has 0 atom stereocenters. The minimum Gasteiger partial charge on any atom is -0.497 e. The quantitative estimate of drug-likeness (QED) is 0.225. The molecule has 0 amide bonds. The molecule has 2 aromatic carbocycles. The number of hydrogen-bond acceptors (Lipinski definition) is 5. The number of rotatable bonds is 8. The Morgan fingerprint density at radius 1 is 1.00 bits per heavy atom. The number of para-hydroxylation sites is 1. The van der Waals surface area contributed by atoms with Gasteiger partial charge in [0.1, 0.15) is 11.6 Å². The minimum atomic E-state index is 0.426. The molecule has 33 heavy (non-hydrogen) atoms. The van der Waals surface area contributed by atoms with Crippen LogP contribution in [0.15, 0.2) is 77.9 Å². The minimum absolute atomic E-state index is 0.426. The SMILES string of the molecule is COc1ccc(C(=NCCCN2CCN(c3ccccc3)CC2)Nc2cccnc2Cl)cc1. The average molecular weight is 464 g/mol. The molecule has 1 aliphatic rings. The van der Waals surface area contributed by atoms with E-state index < -0.39 is 0 Å². The molecule has 172 valence electrons. The molecule has 1 aromatic heterocycles. The molecule has 6 nitrogen and oxygen atoms in total. The molecule has 0 bridgehead atoms. The highest BCUT2D eigenvalue weighted by molar-refractivity contribution is 6.32. The number of aliphatic imine (C=N–C) groups is 1. The van der Waals surface area contributed by atoms with E-state index in [4.69, 9.17) is 21.3 Å². The van der Waals surface area contributed by atoms with Gasteiger partial charge in [0.2, 0.25) is 0 Å². The molecule has 0 saturated carbocycles. The van der Waals surface area contributed by atoms with Gasteiger partial charge in [0.05, 0.1) is 12.8 Å². The van der Waals surface area contributed by atoms with E-state index in [0.29, 0.717) is 5.15 Å². The summed E-state index contributed by atoms with van der Waals surface area (Å²) in [5.41, 5.74) is 3.03. The van der Waals surface area contributed by atoms with E-state index in [0.717, 1.165) is 68.5 Å². The first-order valence-electron chi connectivity index (χ1n) is 11.3. The Morgan fingerprint density at radius 3 is 2.45 bits per heavy atom. The molecular formula is C26H30ClN5O. The Morgan fingerprint density at radius 2 is 1.76 bits per heavy atom. The molecule has 0 radical (unpaired) electrons. The van der Waals surface area contributed by atoms with Gasteiger partial charge in [-0.3, -0.25) is 9.89 Å². The first kappa shape index (κ1) is 23.1. The molecule has 1 saturated heterocycles. The van der Waals surface area contributed by atoms with Crippen molar-refractivity contribution < 1.29 is 4.74 Å². The predicted molar refractivity (Wildman–Crippen MR) is 137 cm³/mol. The van der Waals surface area contributed by atoms with Crippen LogP contribution in [0.1, 0.15) is 12.0 Å². The second kappa shape index (κ2) is 11.7. The average Bonchev–Trinajstić information content (AvgIpc) is 2.88. The Kier molecular flexibility index (Phi) is 8.17. The van der Waals surface area contributed by atoms with Gasteiger partial charge in [-0.05, 0) is 55.0 Å². The van der Waals surface area contributed by atoms with Gasteiger partial charge in [0.25, 0.3) is 0 Å². The van der Waals surface area contributed by atoms with Crippen molar-refractivity contribution in [1.29, 1.82) is 0 Å². The highest BCUT2D eigenvalue weighted by Crippen LogP contribution is 2.20. The lowest BCUT2D eigenvalue weighted by Crippen LogP contribution is -2.46. The summed E-state index contributed by atoms with van der Waals surface area (Å²) in [5.74, 6) is 1.59. The summed E-state index contributed by atoms with van der Waals surface area (Å²) in [6.07, 6.45) is 2.67. The molecule has 7 heteroatoms. The second-order valence-electron chi connectivity index (χ2n) is 7.94. The monoisotopic (exact) mass is 463 g/mol. The summed E-state index contributed by atoms with van der Waals surface area (Å²) in [4.78, 5) is 14.0. The number of amidine groups is 1. The number of piperazine rings is 1. The van der Waals surface area contributed by atoms with Crippen molar-refractivity contribution >= 4 is 28.8 Å². The molecule has 3 aromatic rings. The van der Waals surface area contributed by atoms with Crippen molar-refractivity contribution in [1.82, 2.24) is 9.88 Å². The van der Waals surface area contributed by atoms with Crippen molar-refractivity contribution in [2.45, 2.75) is 6.42 Å². The summed E-state index contributed by atoms with van der Waals surface area (Å²) in [6.45, 7) is 6.04. The molecule has 1 N–H and O–H groups in total. The van der Waals surface area contributed by atoms with Crippen molar-refractivity contribution in [2.24, 2.45) is 4.99 Å². The molecule has 0 spiro atoms. The largest absolute Gasteiger partial charge is 0.497 e.